The third-order valence-corrected chi connectivity index (χ3v) is 1.30. The summed E-state index contributed by atoms with van der Waals surface area (Å²) in [5.74, 6) is 0.833. The molecule has 0 atom stereocenters. The van der Waals surface area contributed by atoms with E-state index in [4.69, 9.17) is 0 Å². The van der Waals surface area contributed by atoms with E-state index in [1.165, 1.54) is 0 Å². The van der Waals surface area contributed by atoms with E-state index in [1.54, 1.807) is 19.5 Å². The number of pyridine rings is 1. The van der Waals surface area contributed by atoms with Crippen molar-refractivity contribution < 1.29 is 0 Å². The second-order valence-electron chi connectivity index (χ2n) is 3.82. The molecule has 0 N–H and O–H groups in total. The van der Waals surface area contributed by atoms with Gasteiger partial charge in [-0.15, -0.1) is 0 Å². The Labute approximate surface area is 87.1 Å². The summed E-state index contributed by atoms with van der Waals surface area (Å²) in [7, 11) is 1.74. The smallest absolute Gasteiger partial charge is 0.0836 e. The molecule has 14 heavy (non-hydrogen) atoms. The van der Waals surface area contributed by atoms with Gasteiger partial charge in [0.25, 0.3) is 0 Å². The Morgan fingerprint density at radius 3 is 2.36 bits per heavy atom. The fraction of sp³-hybridized carbons (Fsp3) is 0.500. The lowest BCUT2D eigenvalue weighted by molar-refractivity contribution is 0.737. The van der Waals surface area contributed by atoms with Crippen molar-refractivity contribution >= 4 is 6.21 Å². The van der Waals surface area contributed by atoms with Crippen molar-refractivity contribution in [2.75, 3.05) is 7.05 Å². The van der Waals surface area contributed by atoms with Crippen molar-refractivity contribution in [2.45, 2.75) is 27.7 Å². The van der Waals surface area contributed by atoms with Gasteiger partial charge in [0, 0.05) is 19.5 Å². The minimum atomic E-state index is 0.833. The molecule has 0 saturated heterocycles. The normalized spacial score (nSPS) is 10.1. The molecule has 0 spiro atoms. The third kappa shape index (κ3) is 6.35. The third-order valence-electron chi connectivity index (χ3n) is 1.30. The van der Waals surface area contributed by atoms with Gasteiger partial charge in [-0.3, -0.25) is 9.98 Å². The summed E-state index contributed by atoms with van der Waals surface area (Å²) in [5, 5.41) is 0. The largest absolute Gasteiger partial charge is 0.294 e. The van der Waals surface area contributed by atoms with Gasteiger partial charge in [-0.05, 0) is 24.5 Å². The molecule has 0 amide bonds. The van der Waals surface area contributed by atoms with E-state index < -0.39 is 0 Å². The lowest BCUT2D eigenvalue weighted by Crippen LogP contribution is -1.89. The lowest BCUT2D eigenvalue weighted by Gasteiger charge is -1.94. The van der Waals surface area contributed by atoms with Crippen LogP contribution in [-0.2, 0) is 0 Å². The number of aromatic nitrogens is 1. The van der Waals surface area contributed by atoms with E-state index in [9.17, 15) is 0 Å². The van der Waals surface area contributed by atoms with Crippen LogP contribution < -0.4 is 0 Å². The molecule has 0 aliphatic carbocycles. The predicted molar refractivity (Wildman–Crippen MR) is 63.0 cm³/mol. The van der Waals surface area contributed by atoms with Crippen molar-refractivity contribution in [1.82, 2.24) is 4.98 Å². The average molecular weight is 192 g/mol. The topological polar surface area (TPSA) is 25.2 Å². The van der Waals surface area contributed by atoms with Crippen molar-refractivity contribution in [3.63, 3.8) is 0 Å². The molecule has 0 radical (unpaired) electrons. The van der Waals surface area contributed by atoms with Crippen LogP contribution in [0.15, 0.2) is 23.3 Å². The molecule has 0 unspecified atom stereocenters. The molecular weight excluding hydrogens is 172 g/mol. The highest BCUT2D eigenvalue weighted by Gasteiger charge is 1.90. The molecule has 0 saturated carbocycles. The van der Waals surface area contributed by atoms with E-state index in [1.807, 2.05) is 19.1 Å². The Balaban J connectivity index is 0.000000364. The Bertz CT molecular complexity index is 275. The van der Waals surface area contributed by atoms with Crippen LogP contribution in [-0.4, -0.2) is 18.2 Å². The van der Waals surface area contributed by atoms with Gasteiger partial charge >= 0.3 is 0 Å². The Kier molecular flexibility index (Phi) is 6.63. The zero-order valence-electron chi connectivity index (χ0n) is 9.78. The van der Waals surface area contributed by atoms with Crippen LogP contribution in [0.5, 0.6) is 0 Å². The first-order chi connectivity index (χ1) is 6.57. The molecule has 2 nitrogen and oxygen atoms in total. The molecular formula is C12H20N2. The lowest BCUT2D eigenvalue weighted by atomic mass is 10.2. The fourth-order valence-corrected chi connectivity index (χ4v) is 0.755. The SMILES string of the molecule is CC(C)C.CN=Cc1ncccc1C. The van der Waals surface area contributed by atoms with E-state index in [-0.39, 0.29) is 0 Å². The van der Waals surface area contributed by atoms with Crippen LogP contribution in [0.4, 0.5) is 0 Å². The average Bonchev–Trinajstić information content (AvgIpc) is 2.08. The summed E-state index contributed by atoms with van der Waals surface area (Å²) < 4.78 is 0. The number of rotatable bonds is 1. The van der Waals surface area contributed by atoms with Gasteiger partial charge in [-0.1, -0.05) is 26.8 Å². The molecule has 0 aromatic carbocycles. The maximum Gasteiger partial charge on any atom is 0.0836 e. The van der Waals surface area contributed by atoms with Gasteiger partial charge < -0.3 is 0 Å². The van der Waals surface area contributed by atoms with Crippen molar-refractivity contribution in [3.8, 4) is 0 Å². The van der Waals surface area contributed by atoms with Gasteiger partial charge in [-0.25, -0.2) is 0 Å². The number of aryl methyl sites for hydroxylation is 1. The number of nitrogens with zero attached hydrogens (tertiary/aromatic N) is 2. The predicted octanol–water partition coefficient (Wildman–Crippen LogP) is 3.10. The minimum Gasteiger partial charge on any atom is -0.294 e. The molecule has 1 heterocycles. The first-order valence-corrected chi connectivity index (χ1v) is 4.91. The van der Waals surface area contributed by atoms with E-state index in [2.05, 4.69) is 30.7 Å². The van der Waals surface area contributed by atoms with Gasteiger partial charge in [0.2, 0.25) is 0 Å². The Morgan fingerprint density at radius 1 is 1.36 bits per heavy atom. The van der Waals surface area contributed by atoms with Gasteiger partial charge in [-0.2, -0.15) is 0 Å². The van der Waals surface area contributed by atoms with Crippen molar-refractivity contribution in [3.05, 3.63) is 29.6 Å². The van der Waals surface area contributed by atoms with Crippen LogP contribution in [0.25, 0.3) is 0 Å². The molecule has 0 aliphatic rings. The van der Waals surface area contributed by atoms with Crippen LogP contribution in [0.2, 0.25) is 0 Å². The highest BCUT2D eigenvalue weighted by molar-refractivity contribution is 5.78. The van der Waals surface area contributed by atoms with Crippen LogP contribution in [0.3, 0.4) is 0 Å². The quantitative estimate of drug-likeness (QED) is 0.628. The molecule has 1 rings (SSSR count). The summed E-state index contributed by atoms with van der Waals surface area (Å²) in [6.45, 7) is 8.52. The highest BCUT2D eigenvalue weighted by atomic mass is 14.7. The number of hydrogen-bond acceptors (Lipinski definition) is 2. The molecule has 2 heteroatoms. The Morgan fingerprint density at radius 2 is 1.93 bits per heavy atom. The molecule has 0 aliphatic heterocycles. The summed E-state index contributed by atoms with van der Waals surface area (Å²) in [6, 6.07) is 3.94. The standard InChI is InChI=1S/C8H10N2.C4H10/c1-7-4-3-5-10-8(7)6-9-2;1-4(2)3/h3-6H,1-2H3;4H,1-3H3. The maximum absolute atomic E-state index is 4.12. The van der Waals surface area contributed by atoms with Crippen LogP contribution in [0, 0.1) is 12.8 Å². The summed E-state index contributed by atoms with van der Waals surface area (Å²) in [6.07, 6.45) is 3.53. The van der Waals surface area contributed by atoms with Gasteiger partial charge in [0.1, 0.15) is 0 Å². The molecule has 0 fully saturated rings. The molecule has 78 valence electrons. The first kappa shape index (κ1) is 12.8. The van der Waals surface area contributed by atoms with Crippen LogP contribution >= 0.6 is 0 Å². The Hall–Kier alpha value is -1.18. The van der Waals surface area contributed by atoms with Crippen molar-refractivity contribution in [2.24, 2.45) is 10.9 Å². The van der Waals surface area contributed by atoms with E-state index in [0.29, 0.717) is 0 Å². The van der Waals surface area contributed by atoms with Gasteiger partial charge in [0.15, 0.2) is 0 Å². The zero-order valence-corrected chi connectivity index (χ0v) is 9.78. The minimum absolute atomic E-state index is 0.833. The van der Waals surface area contributed by atoms with E-state index in [0.717, 1.165) is 17.2 Å². The summed E-state index contributed by atoms with van der Waals surface area (Å²) in [4.78, 5) is 8.00. The zero-order chi connectivity index (χ0) is 11.0. The van der Waals surface area contributed by atoms with Crippen LogP contribution in [0.1, 0.15) is 32.0 Å². The second-order valence-corrected chi connectivity index (χ2v) is 3.82. The summed E-state index contributed by atoms with van der Waals surface area (Å²) in [5.41, 5.74) is 2.11. The highest BCUT2D eigenvalue weighted by Crippen LogP contribution is 1.98. The number of aliphatic imine (C=N–C) groups is 1. The molecule has 0 bridgehead atoms. The van der Waals surface area contributed by atoms with Crippen molar-refractivity contribution in [1.29, 1.82) is 0 Å². The molecule has 1 aromatic heterocycles. The fourth-order valence-electron chi connectivity index (χ4n) is 0.755. The number of hydrogen-bond donors (Lipinski definition) is 0. The second kappa shape index (κ2) is 7.25. The maximum atomic E-state index is 4.12. The van der Waals surface area contributed by atoms with Gasteiger partial charge in [0.05, 0.1) is 5.69 Å². The van der Waals surface area contributed by atoms with E-state index >= 15 is 0 Å². The first-order valence-electron chi connectivity index (χ1n) is 4.91. The molecule has 1 aromatic rings. The summed E-state index contributed by atoms with van der Waals surface area (Å²) >= 11 is 0. The monoisotopic (exact) mass is 192 g/mol.